The third kappa shape index (κ3) is 5.63. The van der Waals surface area contributed by atoms with Crippen molar-refractivity contribution in [1.82, 2.24) is 15.0 Å². The third-order valence-electron chi connectivity index (χ3n) is 9.96. The highest BCUT2D eigenvalue weighted by molar-refractivity contribution is 6.19. The van der Waals surface area contributed by atoms with Crippen molar-refractivity contribution in [3.8, 4) is 67.5 Å². The minimum Gasteiger partial charge on any atom is -0.455 e. The van der Waals surface area contributed by atoms with Crippen molar-refractivity contribution >= 4 is 32.7 Å². The van der Waals surface area contributed by atoms with E-state index in [1.54, 1.807) is 0 Å². The molecule has 0 aliphatic heterocycles. The molecule has 0 saturated carbocycles. The summed E-state index contributed by atoms with van der Waals surface area (Å²) in [7, 11) is 0. The van der Waals surface area contributed by atoms with Crippen LogP contribution in [0.25, 0.3) is 100 Å². The normalized spacial score (nSPS) is 11.4. The Bertz CT molecular complexity index is 2840. The van der Waals surface area contributed by atoms with Gasteiger partial charge in [-0.15, -0.1) is 0 Å². The Morgan fingerprint density at radius 2 is 0.717 bits per heavy atom. The van der Waals surface area contributed by atoms with E-state index < -0.39 is 0 Å². The smallest absolute Gasteiger partial charge is 0.164 e. The van der Waals surface area contributed by atoms with Crippen molar-refractivity contribution in [3.63, 3.8) is 0 Å². The first kappa shape index (κ1) is 30.6. The zero-order valence-corrected chi connectivity index (χ0v) is 28.6. The summed E-state index contributed by atoms with van der Waals surface area (Å²) in [4.78, 5) is 15.2. The molecule has 4 heteroatoms. The fourth-order valence-electron chi connectivity index (χ4n) is 7.23. The Balaban J connectivity index is 1.13. The van der Waals surface area contributed by atoms with E-state index in [9.17, 15) is 0 Å². The fraction of sp³-hybridized carbons (Fsp3) is 0. The average molecular weight is 678 g/mol. The van der Waals surface area contributed by atoms with Crippen LogP contribution in [0.5, 0.6) is 0 Å². The summed E-state index contributed by atoms with van der Waals surface area (Å²) in [5.74, 6) is 1.87. The second-order valence-electron chi connectivity index (χ2n) is 13.2. The molecule has 0 atom stereocenters. The van der Waals surface area contributed by atoms with Gasteiger partial charge in [0.25, 0.3) is 0 Å². The SMILES string of the molecule is c1ccc(-c2ccc(-c3ccc(-c4ccc5c(c4)c(-c4nc(-c6ccccc6)nc(-c6ccccc6)n4)cc4c6ccccc6oc54)cc3)cc2)cc1. The van der Waals surface area contributed by atoms with Crippen LogP contribution in [0.1, 0.15) is 0 Å². The first-order valence-electron chi connectivity index (χ1n) is 17.8. The van der Waals surface area contributed by atoms with Gasteiger partial charge < -0.3 is 4.42 Å². The third-order valence-corrected chi connectivity index (χ3v) is 9.96. The number of rotatable bonds is 6. The van der Waals surface area contributed by atoms with Gasteiger partial charge in [-0.1, -0.05) is 164 Å². The van der Waals surface area contributed by atoms with Gasteiger partial charge in [0.2, 0.25) is 0 Å². The molecule has 0 spiro atoms. The maximum absolute atomic E-state index is 6.54. The topological polar surface area (TPSA) is 51.8 Å². The second kappa shape index (κ2) is 12.9. The lowest BCUT2D eigenvalue weighted by Gasteiger charge is -2.12. The van der Waals surface area contributed by atoms with Crippen molar-refractivity contribution in [3.05, 3.63) is 188 Å². The molecule has 10 rings (SSSR count). The maximum Gasteiger partial charge on any atom is 0.164 e. The summed E-state index contributed by atoms with van der Waals surface area (Å²) in [6.45, 7) is 0. The number of aromatic nitrogens is 3. The maximum atomic E-state index is 6.54. The van der Waals surface area contributed by atoms with E-state index in [1.807, 2.05) is 78.9 Å². The quantitative estimate of drug-likeness (QED) is 0.176. The van der Waals surface area contributed by atoms with E-state index in [0.717, 1.165) is 60.5 Å². The second-order valence-corrected chi connectivity index (χ2v) is 13.2. The molecule has 0 aliphatic carbocycles. The monoisotopic (exact) mass is 677 g/mol. The summed E-state index contributed by atoms with van der Waals surface area (Å²) in [6, 6.07) is 65.2. The van der Waals surface area contributed by atoms with Gasteiger partial charge in [0, 0.05) is 32.8 Å². The molecule has 0 amide bonds. The summed E-state index contributed by atoms with van der Waals surface area (Å²) < 4.78 is 6.54. The van der Waals surface area contributed by atoms with E-state index >= 15 is 0 Å². The van der Waals surface area contributed by atoms with Crippen LogP contribution in [0, 0.1) is 0 Å². The van der Waals surface area contributed by atoms with Crippen molar-refractivity contribution in [2.45, 2.75) is 0 Å². The summed E-state index contributed by atoms with van der Waals surface area (Å²) in [5, 5.41) is 4.11. The Kier molecular flexibility index (Phi) is 7.43. The number of furan rings is 1. The molecule has 0 saturated heterocycles. The predicted molar refractivity (Wildman–Crippen MR) is 217 cm³/mol. The molecule has 2 aromatic heterocycles. The van der Waals surface area contributed by atoms with E-state index in [2.05, 4.69) is 109 Å². The van der Waals surface area contributed by atoms with Crippen LogP contribution < -0.4 is 0 Å². The Morgan fingerprint density at radius 1 is 0.283 bits per heavy atom. The minimum absolute atomic E-state index is 0.612. The fourth-order valence-corrected chi connectivity index (χ4v) is 7.23. The number of hydrogen-bond donors (Lipinski definition) is 0. The summed E-state index contributed by atoms with van der Waals surface area (Å²) in [5.41, 5.74) is 11.5. The Hall–Kier alpha value is -7.17. The lowest BCUT2D eigenvalue weighted by Crippen LogP contribution is -2.00. The summed E-state index contributed by atoms with van der Waals surface area (Å²) in [6.07, 6.45) is 0. The lowest BCUT2D eigenvalue weighted by molar-refractivity contribution is 0.672. The van der Waals surface area contributed by atoms with Crippen LogP contribution >= 0.6 is 0 Å². The van der Waals surface area contributed by atoms with E-state index in [-0.39, 0.29) is 0 Å². The van der Waals surface area contributed by atoms with Gasteiger partial charge in [0.15, 0.2) is 17.5 Å². The Labute approximate surface area is 306 Å². The standard InChI is InChI=1S/C49H31N3O/c1-4-12-32(13-5-1)33-20-22-34(23-21-33)35-24-26-36(27-25-35)39-28-29-41-42(30-39)44(31-43-40-18-10-11-19-45(40)53-46(41)43)49-51-47(37-14-6-2-7-15-37)50-48(52-49)38-16-8-3-9-17-38/h1-31H. The molecule has 248 valence electrons. The molecule has 0 unspecified atom stereocenters. The van der Waals surface area contributed by atoms with E-state index in [0.29, 0.717) is 17.5 Å². The average Bonchev–Trinajstić information content (AvgIpc) is 3.63. The molecule has 0 fully saturated rings. The highest BCUT2D eigenvalue weighted by atomic mass is 16.3. The first-order chi connectivity index (χ1) is 26.2. The van der Waals surface area contributed by atoms with Gasteiger partial charge in [-0.2, -0.15) is 0 Å². The van der Waals surface area contributed by atoms with Gasteiger partial charge in [0.1, 0.15) is 11.2 Å². The summed E-state index contributed by atoms with van der Waals surface area (Å²) >= 11 is 0. The molecule has 0 N–H and O–H groups in total. The molecule has 0 bridgehead atoms. The Morgan fingerprint density at radius 3 is 1.28 bits per heavy atom. The van der Waals surface area contributed by atoms with E-state index in [4.69, 9.17) is 19.4 Å². The van der Waals surface area contributed by atoms with Crippen LogP contribution in [0.15, 0.2) is 192 Å². The van der Waals surface area contributed by atoms with Crippen molar-refractivity contribution in [2.75, 3.05) is 0 Å². The molecule has 8 aromatic carbocycles. The van der Waals surface area contributed by atoms with Crippen molar-refractivity contribution in [1.29, 1.82) is 0 Å². The minimum atomic E-state index is 0.612. The number of nitrogens with zero attached hydrogens (tertiary/aromatic N) is 3. The molecule has 10 aromatic rings. The molecule has 4 nitrogen and oxygen atoms in total. The number of para-hydroxylation sites is 1. The van der Waals surface area contributed by atoms with Gasteiger partial charge in [-0.25, -0.2) is 15.0 Å². The largest absolute Gasteiger partial charge is 0.455 e. The van der Waals surface area contributed by atoms with Gasteiger partial charge >= 0.3 is 0 Å². The highest BCUT2D eigenvalue weighted by Crippen LogP contribution is 2.41. The molecule has 2 heterocycles. The van der Waals surface area contributed by atoms with Crippen LogP contribution in [0.2, 0.25) is 0 Å². The molecular formula is C49H31N3O. The van der Waals surface area contributed by atoms with E-state index in [1.165, 1.54) is 22.3 Å². The van der Waals surface area contributed by atoms with Gasteiger partial charge in [0.05, 0.1) is 0 Å². The van der Waals surface area contributed by atoms with Gasteiger partial charge in [-0.05, 0) is 63.0 Å². The number of hydrogen-bond acceptors (Lipinski definition) is 4. The molecule has 0 radical (unpaired) electrons. The first-order valence-corrected chi connectivity index (χ1v) is 17.8. The van der Waals surface area contributed by atoms with Crippen molar-refractivity contribution in [2.24, 2.45) is 0 Å². The van der Waals surface area contributed by atoms with Crippen LogP contribution in [-0.2, 0) is 0 Å². The molecule has 53 heavy (non-hydrogen) atoms. The lowest BCUT2D eigenvalue weighted by atomic mass is 9.94. The molecular weight excluding hydrogens is 647 g/mol. The van der Waals surface area contributed by atoms with Crippen molar-refractivity contribution < 1.29 is 4.42 Å². The van der Waals surface area contributed by atoms with Gasteiger partial charge in [-0.3, -0.25) is 0 Å². The highest BCUT2D eigenvalue weighted by Gasteiger charge is 2.19. The number of fused-ring (bicyclic) bond motifs is 5. The zero-order chi connectivity index (χ0) is 35.1. The van der Waals surface area contributed by atoms with Crippen LogP contribution in [-0.4, -0.2) is 15.0 Å². The predicted octanol–water partition coefficient (Wildman–Crippen LogP) is 12.9. The number of benzene rings is 8. The molecule has 0 aliphatic rings. The van der Waals surface area contributed by atoms with Crippen LogP contribution in [0.3, 0.4) is 0 Å². The zero-order valence-electron chi connectivity index (χ0n) is 28.6. The van der Waals surface area contributed by atoms with Crippen LogP contribution in [0.4, 0.5) is 0 Å².